The summed E-state index contributed by atoms with van der Waals surface area (Å²) in [5.41, 5.74) is 0.949. The smallest absolute Gasteiger partial charge is 0.119 e. The summed E-state index contributed by atoms with van der Waals surface area (Å²) in [6.07, 6.45) is 0.360. The lowest BCUT2D eigenvalue weighted by atomic mass is 10.1. The molecule has 0 saturated heterocycles. The highest BCUT2D eigenvalue weighted by Gasteiger charge is 2.07. The Balaban J connectivity index is 0.00000256. The zero-order valence-electron chi connectivity index (χ0n) is 10.7. The van der Waals surface area contributed by atoms with Gasteiger partial charge in [0.25, 0.3) is 0 Å². The standard InChI is InChI=1S/C13H21NO2.ClH/c1-4-16-12-7-5-11(6-8-12)13(15)9-10-14(2)3;/h5-8,13,15H,4,9-10H2,1-3H3;1H. The molecule has 0 aliphatic carbocycles. The summed E-state index contributed by atoms with van der Waals surface area (Å²) in [5.74, 6) is 0.853. The van der Waals surface area contributed by atoms with Crippen LogP contribution in [-0.4, -0.2) is 37.3 Å². The Morgan fingerprint density at radius 3 is 2.29 bits per heavy atom. The van der Waals surface area contributed by atoms with Crippen LogP contribution in [0.15, 0.2) is 24.3 Å². The summed E-state index contributed by atoms with van der Waals surface area (Å²) in [4.78, 5) is 2.07. The maximum absolute atomic E-state index is 9.92. The van der Waals surface area contributed by atoms with Crippen LogP contribution in [0, 0.1) is 0 Å². The third kappa shape index (κ3) is 5.91. The minimum absolute atomic E-state index is 0. The van der Waals surface area contributed by atoms with Crippen molar-refractivity contribution in [1.82, 2.24) is 4.90 Å². The van der Waals surface area contributed by atoms with Crippen molar-refractivity contribution in [2.45, 2.75) is 19.4 Å². The average Bonchev–Trinajstić information content (AvgIpc) is 2.27. The van der Waals surface area contributed by atoms with Crippen molar-refractivity contribution >= 4 is 12.4 Å². The van der Waals surface area contributed by atoms with Crippen LogP contribution in [0.1, 0.15) is 25.0 Å². The molecule has 0 amide bonds. The van der Waals surface area contributed by atoms with E-state index in [1.165, 1.54) is 0 Å². The topological polar surface area (TPSA) is 32.7 Å². The second kappa shape index (κ2) is 8.34. The Morgan fingerprint density at radius 2 is 1.82 bits per heavy atom. The molecule has 0 aliphatic rings. The Kier molecular flexibility index (Phi) is 7.96. The van der Waals surface area contributed by atoms with Gasteiger partial charge in [-0.05, 0) is 45.1 Å². The number of hydrogen-bond donors (Lipinski definition) is 1. The van der Waals surface area contributed by atoms with Gasteiger partial charge in [-0.15, -0.1) is 12.4 Å². The van der Waals surface area contributed by atoms with Gasteiger partial charge in [-0.25, -0.2) is 0 Å². The molecule has 1 atom stereocenters. The van der Waals surface area contributed by atoms with Crippen molar-refractivity contribution in [3.05, 3.63) is 29.8 Å². The van der Waals surface area contributed by atoms with Gasteiger partial charge in [-0.3, -0.25) is 0 Å². The summed E-state index contributed by atoms with van der Waals surface area (Å²) in [6.45, 7) is 3.51. The van der Waals surface area contributed by atoms with Crippen LogP contribution in [0.25, 0.3) is 0 Å². The fourth-order valence-corrected chi connectivity index (χ4v) is 1.50. The first-order valence-corrected chi connectivity index (χ1v) is 5.69. The van der Waals surface area contributed by atoms with E-state index in [-0.39, 0.29) is 12.4 Å². The molecule has 1 aromatic carbocycles. The van der Waals surface area contributed by atoms with Crippen molar-refractivity contribution in [2.75, 3.05) is 27.2 Å². The predicted octanol–water partition coefficient (Wildman–Crippen LogP) is 2.49. The van der Waals surface area contributed by atoms with E-state index in [0.29, 0.717) is 6.61 Å². The summed E-state index contributed by atoms with van der Waals surface area (Å²) in [6, 6.07) is 7.64. The van der Waals surface area contributed by atoms with Gasteiger partial charge in [0, 0.05) is 6.54 Å². The number of benzene rings is 1. The van der Waals surface area contributed by atoms with Crippen LogP contribution in [0.4, 0.5) is 0 Å². The summed E-state index contributed by atoms with van der Waals surface area (Å²) >= 11 is 0. The van der Waals surface area contributed by atoms with Crippen LogP contribution in [0.5, 0.6) is 5.75 Å². The Labute approximate surface area is 110 Å². The summed E-state index contributed by atoms with van der Waals surface area (Å²) < 4.78 is 5.35. The normalized spacial score (nSPS) is 12.1. The van der Waals surface area contributed by atoms with Crippen molar-refractivity contribution in [3.8, 4) is 5.75 Å². The van der Waals surface area contributed by atoms with Gasteiger partial charge in [0.2, 0.25) is 0 Å². The summed E-state index contributed by atoms with van der Waals surface area (Å²) in [7, 11) is 4.01. The van der Waals surface area contributed by atoms with E-state index in [4.69, 9.17) is 4.74 Å². The fraction of sp³-hybridized carbons (Fsp3) is 0.538. The van der Waals surface area contributed by atoms with Crippen LogP contribution in [-0.2, 0) is 0 Å². The number of hydrogen-bond acceptors (Lipinski definition) is 3. The second-order valence-corrected chi connectivity index (χ2v) is 4.11. The molecule has 17 heavy (non-hydrogen) atoms. The van der Waals surface area contributed by atoms with E-state index in [1.54, 1.807) is 0 Å². The molecule has 0 radical (unpaired) electrons. The molecule has 0 spiro atoms. The molecule has 1 rings (SSSR count). The number of ether oxygens (including phenoxy) is 1. The number of aliphatic hydroxyl groups excluding tert-OH is 1. The van der Waals surface area contributed by atoms with Gasteiger partial charge in [0.05, 0.1) is 12.7 Å². The maximum Gasteiger partial charge on any atom is 0.119 e. The molecular formula is C13H22ClNO2. The second-order valence-electron chi connectivity index (χ2n) is 4.11. The Bertz CT molecular complexity index is 301. The first kappa shape index (κ1) is 16.2. The van der Waals surface area contributed by atoms with Crippen LogP contribution < -0.4 is 4.74 Å². The largest absolute Gasteiger partial charge is 0.494 e. The molecule has 0 saturated carbocycles. The van der Waals surface area contributed by atoms with E-state index in [0.717, 1.165) is 24.3 Å². The van der Waals surface area contributed by atoms with E-state index in [1.807, 2.05) is 45.3 Å². The van der Waals surface area contributed by atoms with Crippen molar-refractivity contribution in [2.24, 2.45) is 0 Å². The predicted molar refractivity (Wildman–Crippen MR) is 73.0 cm³/mol. The molecule has 0 aromatic heterocycles. The molecule has 0 heterocycles. The van der Waals surface area contributed by atoms with Gasteiger partial charge in [0.15, 0.2) is 0 Å². The molecule has 1 unspecified atom stereocenters. The zero-order chi connectivity index (χ0) is 12.0. The van der Waals surface area contributed by atoms with E-state index in [2.05, 4.69) is 4.90 Å². The number of rotatable bonds is 6. The first-order valence-electron chi connectivity index (χ1n) is 5.69. The van der Waals surface area contributed by atoms with Crippen molar-refractivity contribution in [1.29, 1.82) is 0 Å². The quantitative estimate of drug-likeness (QED) is 0.852. The number of aliphatic hydroxyl groups is 1. The first-order chi connectivity index (χ1) is 7.63. The van der Waals surface area contributed by atoms with E-state index in [9.17, 15) is 5.11 Å². The minimum atomic E-state index is -0.391. The number of nitrogens with zero attached hydrogens (tertiary/aromatic N) is 1. The third-order valence-corrected chi connectivity index (χ3v) is 2.43. The molecule has 4 heteroatoms. The third-order valence-electron chi connectivity index (χ3n) is 2.43. The Morgan fingerprint density at radius 1 is 1.24 bits per heavy atom. The summed E-state index contributed by atoms with van der Waals surface area (Å²) in [5, 5.41) is 9.92. The van der Waals surface area contributed by atoms with Crippen molar-refractivity contribution in [3.63, 3.8) is 0 Å². The lowest BCUT2D eigenvalue weighted by Gasteiger charge is -2.15. The van der Waals surface area contributed by atoms with Gasteiger partial charge < -0.3 is 14.7 Å². The van der Waals surface area contributed by atoms with E-state index >= 15 is 0 Å². The monoisotopic (exact) mass is 259 g/mol. The molecule has 1 N–H and O–H groups in total. The zero-order valence-corrected chi connectivity index (χ0v) is 11.5. The highest BCUT2D eigenvalue weighted by molar-refractivity contribution is 5.85. The molecule has 3 nitrogen and oxygen atoms in total. The van der Waals surface area contributed by atoms with Crippen LogP contribution >= 0.6 is 12.4 Å². The Hall–Kier alpha value is -0.770. The number of halogens is 1. The van der Waals surface area contributed by atoms with Gasteiger partial charge in [-0.1, -0.05) is 12.1 Å². The van der Waals surface area contributed by atoms with Gasteiger partial charge >= 0.3 is 0 Å². The minimum Gasteiger partial charge on any atom is -0.494 e. The average molecular weight is 260 g/mol. The lowest BCUT2D eigenvalue weighted by molar-refractivity contribution is 0.154. The SMILES string of the molecule is CCOc1ccc(C(O)CCN(C)C)cc1.Cl. The maximum atomic E-state index is 9.92. The molecule has 98 valence electrons. The molecule has 0 aliphatic heterocycles. The molecule has 0 bridgehead atoms. The fourth-order valence-electron chi connectivity index (χ4n) is 1.50. The van der Waals surface area contributed by atoms with Crippen LogP contribution in [0.3, 0.4) is 0 Å². The van der Waals surface area contributed by atoms with Gasteiger partial charge in [-0.2, -0.15) is 0 Å². The van der Waals surface area contributed by atoms with Crippen LogP contribution in [0.2, 0.25) is 0 Å². The molecule has 1 aromatic rings. The van der Waals surface area contributed by atoms with Crippen molar-refractivity contribution < 1.29 is 9.84 Å². The highest BCUT2D eigenvalue weighted by atomic mass is 35.5. The van der Waals surface area contributed by atoms with Gasteiger partial charge in [0.1, 0.15) is 5.75 Å². The van der Waals surface area contributed by atoms with E-state index < -0.39 is 6.10 Å². The molecule has 0 fully saturated rings. The highest BCUT2D eigenvalue weighted by Crippen LogP contribution is 2.20. The molecular weight excluding hydrogens is 238 g/mol. The lowest BCUT2D eigenvalue weighted by Crippen LogP contribution is -2.15.